The van der Waals surface area contributed by atoms with Crippen LogP contribution in [0.25, 0.3) is 10.9 Å². The topological polar surface area (TPSA) is 67.5 Å². The van der Waals surface area contributed by atoms with Crippen molar-refractivity contribution in [2.24, 2.45) is 0 Å². The Labute approximate surface area is 169 Å². The highest BCUT2D eigenvalue weighted by Gasteiger charge is 2.49. The van der Waals surface area contributed by atoms with Crippen LogP contribution in [0, 0.1) is 6.92 Å². The van der Waals surface area contributed by atoms with Crippen molar-refractivity contribution in [2.45, 2.75) is 38.1 Å². The largest absolute Gasteiger partial charge is 0.373 e. The molecule has 6 heteroatoms. The Morgan fingerprint density at radius 2 is 2.21 bits per heavy atom. The van der Waals surface area contributed by atoms with Gasteiger partial charge in [-0.05, 0) is 30.5 Å². The number of para-hydroxylation sites is 1. The number of ether oxygens (including phenoxy) is 2. The van der Waals surface area contributed by atoms with Crippen LogP contribution in [0.4, 0.5) is 0 Å². The molecule has 150 valence electrons. The second-order valence-corrected chi connectivity index (χ2v) is 8.24. The van der Waals surface area contributed by atoms with E-state index in [9.17, 15) is 4.79 Å². The minimum absolute atomic E-state index is 0.0607. The van der Waals surface area contributed by atoms with Crippen molar-refractivity contribution in [3.8, 4) is 0 Å². The fourth-order valence-electron chi connectivity index (χ4n) is 4.47. The van der Waals surface area contributed by atoms with E-state index in [1.165, 1.54) is 0 Å². The maximum Gasteiger partial charge on any atom is 0.256 e. The number of rotatable bonds is 4. The number of nitrogens with zero attached hydrogens (tertiary/aromatic N) is 2. The molecule has 0 radical (unpaired) electrons. The first-order chi connectivity index (χ1) is 14.1. The molecule has 6 nitrogen and oxygen atoms in total. The van der Waals surface area contributed by atoms with Gasteiger partial charge in [-0.15, -0.1) is 0 Å². The predicted octanol–water partition coefficient (Wildman–Crippen LogP) is 3.46. The third-order valence-electron chi connectivity index (χ3n) is 5.93. The Bertz CT molecular complexity index is 1040. The number of H-pyrrole nitrogens is 1. The highest BCUT2D eigenvalue weighted by molar-refractivity contribution is 6.07. The Balaban J connectivity index is 1.20. The number of hydrogen-bond donors (Lipinski definition) is 1. The minimum Gasteiger partial charge on any atom is -0.373 e. The van der Waals surface area contributed by atoms with Crippen LogP contribution in [-0.2, 0) is 16.1 Å². The van der Waals surface area contributed by atoms with Gasteiger partial charge in [0.1, 0.15) is 5.60 Å². The Hall–Kier alpha value is -2.70. The number of amides is 1. The van der Waals surface area contributed by atoms with Crippen LogP contribution < -0.4 is 0 Å². The lowest BCUT2D eigenvalue weighted by Crippen LogP contribution is -2.67. The average molecular weight is 391 g/mol. The number of likely N-dealkylation sites (tertiary alicyclic amines) is 1. The SMILES string of the molecule is Cc1cncc(CO[C@@H]2CCOC3(C2)CN(C(=O)c2c[nH]c4ccccc24)C3)c1. The van der Waals surface area contributed by atoms with Gasteiger partial charge in [-0.2, -0.15) is 0 Å². The highest BCUT2D eigenvalue weighted by atomic mass is 16.5. The number of aromatic nitrogens is 2. The number of fused-ring (bicyclic) bond motifs is 1. The van der Waals surface area contributed by atoms with E-state index in [-0.39, 0.29) is 17.6 Å². The molecule has 2 saturated heterocycles. The minimum atomic E-state index is -0.268. The summed E-state index contributed by atoms with van der Waals surface area (Å²) in [4.78, 5) is 22.3. The number of hydrogen-bond acceptors (Lipinski definition) is 4. The van der Waals surface area contributed by atoms with Gasteiger partial charge >= 0.3 is 0 Å². The zero-order chi connectivity index (χ0) is 19.8. The van der Waals surface area contributed by atoms with Crippen LogP contribution in [0.2, 0.25) is 0 Å². The molecule has 0 unspecified atom stereocenters. The summed E-state index contributed by atoms with van der Waals surface area (Å²) in [5.41, 5.74) is 3.68. The van der Waals surface area contributed by atoms with Crippen molar-refractivity contribution in [3.63, 3.8) is 0 Å². The van der Waals surface area contributed by atoms with Crippen LogP contribution >= 0.6 is 0 Å². The number of carbonyl (C=O) groups excluding carboxylic acids is 1. The smallest absolute Gasteiger partial charge is 0.256 e. The number of benzene rings is 1. The summed E-state index contributed by atoms with van der Waals surface area (Å²) in [7, 11) is 0. The summed E-state index contributed by atoms with van der Waals surface area (Å²) in [5, 5.41) is 0.969. The lowest BCUT2D eigenvalue weighted by atomic mass is 9.84. The molecule has 1 N–H and O–H groups in total. The molecule has 1 spiro atoms. The zero-order valence-electron chi connectivity index (χ0n) is 16.6. The molecule has 1 amide bonds. The van der Waals surface area contributed by atoms with Gasteiger partial charge in [0, 0.05) is 42.5 Å². The second kappa shape index (κ2) is 7.28. The Kier molecular flexibility index (Phi) is 4.60. The fourth-order valence-corrected chi connectivity index (χ4v) is 4.47. The van der Waals surface area contributed by atoms with Gasteiger partial charge in [0.05, 0.1) is 31.4 Å². The molecule has 2 aliphatic heterocycles. The summed E-state index contributed by atoms with van der Waals surface area (Å²) in [6.45, 7) is 4.52. The molecule has 29 heavy (non-hydrogen) atoms. The van der Waals surface area contributed by atoms with E-state index >= 15 is 0 Å². The maximum atomic E-state index is 13.0. The number of aryl methyl sites for hydroxylation is 1. The number of pyridine rings is 1. The standard InChI is InChI=1S/C23H25N3O3/c1-16-8-17(11-24-10-16)13-28-18-6-7-29-23(9-18)14-26(15-23)22(27)20-12-25-21-5-3-2-4-19(20)21/h2-5,8,10-12,18,25H,6-7,9,13-15H2,1H3/t18-/m1/s1. The van der Waals surface area contributed by atoms with E-state index in [0.29, 0.717) is 26.3 Å². The van der Waals surface area contributed by atoms with Gasteiger partial charge in [0.25, 0.3) is 5.91 Å². The molecule has 1 aromatic carbocycles. The van der Waals surface area contributed by atoms with E-state index in [2.05, 4.69) is 16.0 Å². The van der Waals surface area contributed by atoms with Crippen LogP contribution in [0.3, 0.4) is 0 Å². The van der Waals surface area contributed by atoms with Gasteiger partial charge in [-0.1, -0.05) is 24.3 Å². The summed E-state index contributed by atoms with van der Waals surface area (Å²) in [6, 6.07) is 10.00. The van der Waals surface area contributed by atoms with Crippen LogP contribution in [0.5, 0.6) is 0 Å². The van der Waals surface area contributed by atoms with Crippen molar-refractivity contribution in [1.82, 2.24) is 14.9 Å². The lowest BCUT2D eigenvalue weighted by Gasteiger charge is -2.53. The van der Waals surface area contributed by atoms with Gasteiger partial charge in [-0.3, -0.25) is 9.78 Å². The molecule has 4 heterocycles. The molecule has 1 atom stereocenters. The van der Waals surface area contributed by atoms with Crippen molar-refractivity contribution < 1.29 is 14.3 Å². The first-order valence-electron chi connectivity index (χ1n) is 10.1. The van der Waals surface area contributed by atoms with E-state index in [0.717, 1.165) is 40.4 Å². The normalized spacial score (nSPS) is 20.7. The van der Waals surface area contributed by atoms with E-state index < -0.39 is 0 Å². The van der Waals surface area contributed by atoms with Crippen molar-refractivity contribution in [1.29, 1.82) is 0 Å². The van der Waals surface area contributed by atoms with Gasteiger partial charge in [0.2, 0.25) is 0 Å². The molecule has 2 aromatic heterocycles. The molecule has 0 bridgehead atoms. The van der Waals surface area contributed by atoms with Gasteiger partial charge < -0.3 is 19.4 Å². The third-order valence-corrected chi connectivity index (χ3v) is 5.93. The van der Waals surface area contributed by atoms with Crippen LogP contribution in [-0.4, -0.2) is 52.2 Å². The third kappa shape index (κ3) is 3.54. The van der Waals surface area contributed by atoms with E-state index in [1.54, 1.807) is 0 Å². The van der Waals surface area contributed by atoms with Crippen molar-refractivity contribution in [3.05, 3.63) is 65.6 Å². The van der Waals surface area contributed by atoms with Crippen LogP contribution in [0.1, 0.15) is 34.3 Å². The molecule has 2 aliphatic rings. The molecular weight excluding hydrogens is 366 g/mol. The molecule has 0 aliphatic carbocycles. The Morgan fingerprint density at radius 3 is 3.07 bits per heavy atom. The second-order valence-electron chi connectivity index (χ2n) is 8.24. The maximum absolute atomic E-state index is 13.0. The zero-order valence-corrected chi connectivity index (χ0v) is 16.6. The highest BCUT2D eigenvalue weighted by Crippen LogP contribution is 2.37. The lowest BCUT2D eigenvalue weighted by molar-refractivity contribution is -0.187. The molecule has 5 rings (SSSR count). The Morgan fingerprint density at radius 1 is 1.34 bits per heavy atom. The van der Waals surface area contributed by atoms with E-state index in [4.69, 9.17) is 9.47 Å². The van der Waals surface area contributed by atoms with Crippen LogP contribution in [0.15, 0.2) is 48.9 Å². The molecular formula is C23H25N3O3. The summed E-state index contributed by atoms with van der Waals surface area (Å²) in [6.07, 6.45) is 7.37. The van der Waals surface area contributed by atoms with Crippen molar-refractivity contribution >= 4 is 16.8 Å². The predicted molar refractivity (Wildman–Crippen MR) is 110 cm³/mol. The number of carbonyl (C=O) groups is 1. The van der Waals surface area contributed by atoms with Gasteiger partial charge in [-0.25, -0.2) is 0 Å². The molecule has 2 fully saturated rings. The van der Waals surface area contributed by atoms with Crippen molar-refractivity contribution in [2.75, 3.05) is 19.7 Å². The summed E-state index contributed by atoms with van der Waals surface area (Å²) in [5.74, 6) is 0.0607. The first kappa shape index (κ1) is 18.3. The quantitative estimate of drug-likeness (QED) is 0.740. The van der Waals surface area contributed by atoms with E-state index in [1.807, 2.05) is 54.7 Å². The summed E-state index contributed by atoms with van der Waals surface area (Å²) >= 11 is 0. The monoisotopic (exact) mass is 391 g/mol. The van der Waals surface area contributed by atoms with Gasteiger partial charge in [0.15, 0.2) is 0 Å². The fraction of sp³-hybridized carbons (Fsp3) is 0.391. The molecule has 3 aromatic rings. The average Bonchev–Trinajstić information content (AvgIpc) is 3.14. The number of aromatic amines is 1. The molecule has 0 saturated carbocycles. The summed E-state index contributed by atoms with van der Waals surface area (Å²) < 4.78 is 12.2. The first-order valence-corrected chi connectivity index (χ1v) is 10.1. The number of nitrogens with one attached hydrogen (secondary N) is 1.